The molecule has 0 spiro atoms. The third-order valence-corrected chi connectivity index (χ3v) is 6.26. The highest BCUT2D eigenvalue weighted by Gasteiger charge is 2.22. The number of benzene rings is 1. The van der Waals surface area contributed by atoms with Crippen LogP contribution in [0.2, 0.25) is 0 Å². The highest BCUT2D eigenvalue weighted by molar-refractivity contribution is 7.89. The van der Waals surface area contributed by atoms with Gasteiger partial charge in [-0.3, -0.25) is 15.0 Å². The van der Waals surface area contributed by atoms with Crippen LogP contribution in [0.3, 0.4) is 0 Å². The van der Waals surface area contributed by atoms with Gasteiger partial charge in [0.25, 0.3) is 0 Å². The fourth-order valence-electron chi connectivity index (χ4n) is 3.59. The van der Waals surface area contributed by atoms with Crippen molar-refractivity contribution in [3.8, 4) is 23.1 Å². The topological polar surface area (TPSA) is 117 Å². The number of piperazine rings is 1. The van der Waals surface area contributed by atoms with E-state index in [0.29, 0.717) is 5.56 Å². The molecule has 4 N–H and O–H groups in total. The van der Waals surface area contributed by atoms with Gasteiger partial charge in [0.2, 0.25) is 10.0 Å². The van der Waals surface area contributed by atoms with E-state index in [1.807, 2.05) is 13.0 Å². The molecule has 0 saturated carbocycles. The molecule has 0 radical (unpaired) electrons. The largest absolute Gasteiger partial charge is 0.313 e. The lowest BCUT2D eigenvalue weighted by Crippen LogP contribution is -2.44. The molecule has 1 aromatic carbocycles. The first-order valence-corrected chi connectivity index (χ1v) is 11.4. The maximum atomic E-state index is 11.6. The highest BCUT2D eigenvalue weighted by atomic mass is 35.5. The first-order chi connectivity index (χ1) is 14.8. The van der Waals surface area contributed by atoms with Gasteiger partial charge in [0, 0.05) is 42.7 Å². The van der Waals surface area contributed by atoms with Crippen LogP contribution in [-0.4, -0.2) is 55.2 Å². The van der Waals surface area contributed by atoms with Gasteiger partial charge in [0.15, 0.2) is 0 Å². The van der Waals surface area contributed by atoms with E-state index in [9.17, 15) is 8.42 Å². The van der Waals surface area contributed by atoms with Crippen molar-refractivity contribution in [2.75, 3.05) is 26.7 Å². The van der Waals surface area contributed by atoms with Gasteiger partial charge in [-0.1, -0.05) is 17.9 Å². The standard InChI is InChI=1S/C22H24N6O2S.ClH/c1-15-19(7-6-16-4-3-5-18(12-16)31(23,29)30)22(27-26-15)17-8-9-25-20(13-17)21-14-24-10-11-28(21)2;/h3-5,8-9,12-13,21,24H,10-11,14H2,1-2H3,(H,26,27)(H2,23,29,30);1H. The van der Waals surface area contributed by atoms with Gasteiger partial charge >= 0.3 is 0 Å². The average Bonchev–Trinajstić information content (AvgIpc) is 3.13. The Morgan fingerprint density at radius 2 is 2.03 bits per heavy atom. The molecule has 3 aromatic rings. The molecule has 3 heterocycles. The molecule has 1 unspecified atom stereocenters. The van der Waals surface area contributed by atoms with Crippen LogP contribution in [0.25, 0.3) is 11.3 Å². The second-order valence-electron chi connectivity index (χ2n) is 7.56. The van der Waals surface area contributed by atoms with Crippen molar-refractivity contribution in [1.82, 2.24) is 25.4 Å². The zero-order valence-corrected chi connectivity index (χ0v) is 19.4. The molecular formula is C22H25ClN6O2S. The minimum atomic E-state index is -3.78. The zero-order chi connectivity index (χ0) is 22.0. The molecule has 1 aliphatic heterocycles. The Morgan fingerprint density at radius 3 is 2.78 bits per heavy atom. The van der Waals surface area contributed by atoms with Crippen molar-refractivity contribution in [1.29, 1.82) is 0 Å². The lowest BCUT2D eigenvalue weighted by molar-refractivity contribution is 0.198. The van der Waals surface area contributed by atoms with Crippen LogP contribution in [0, 0.1) is 18.8 Å². The first-order valence-electron chi connectivity index (χ1n) is 9.90. The van der Waals surface area contributed by atoms with Gasteiger partial charge in [-0.2, -0.15) is 5.10 Å². The number of aromatic nitrogens is 3. The van der Waals surface area contributed by atoms with Crippen LogP contribution in [0.15, 0.2) is 47.5 Å². The second-order valence-corrected chi connectivity index (χ2v) is 9.13. The van der Waals surface area contributed by atoms with Crippen LogP contribution in [0.1, 0.15) is 28.6 Å². The number of primary sulfonamides is 1. The Hall–Kier alpha value is -2.74. The number of rotatable bonds is 3. The minimum Gasteiger partial charge on any atom is -0.313 e. The van der Waals surface area contributed by atoms with Crippen molar-refractivity contribution in [2.24, 2.45) is 5.14 Å². The number of hydrogen-bond donors (Lipinski definition) is 3. The molecule has 0 bridgehead atoms. The van der Waals surface area contributed by atoms with Gasteiger partial charge in [-0.05, 0) is 44.3 Å². The third-order valence-electron chi connectivity index (χ3n) is 5.35. The van der Waals surface area contributed by atoms with Crippen LogP contribution in [0.5, 0.6) is 0 Å². The van der Waals surface area contributed by atoms with E-state index in [-0.39, 0.29) is 23.3 Å². The SMILES string of the molecule is Cc1[nH]nc(-c2ccnc(C3CNCCN3C)c2)c1C#Cc1cccc(S(N)(=O)=O)c1.Cl. The fraction of sp³-hybridized carbons (Fsp3) is 0.273. The summed E-state index contributed by atoms with van der Waals surface area (Å²) >= 11 is 0. The summed E-state index contributed by atoms with van der Waals surface area (Å²) in [5.74, 6) is 6.17. The summed E-state index contributed by atoms with van der Waals surface area (Å²) in [4.78, 5) is 6.90. The summed E-state index contributed by atoms with van der Waals surface area (Å²) in [7, 11) is -1.68. The number of nitrogens with zero attached hydrogens (tertiary/aromatic N) is 3. The zero-order valence-electron chi connectivity index (χ0n) is 17.8. The number of hydrogen-bond acceptors (Lipinski definition) is 6. The predicted octanol–water partition coefficient (Wildman–Crippen LogP) is 1.83. The number of nitrogens with two attached hydrogens (primary N) is 1. The van der Waals surface area contributed by atoms with Gasteiger partial charge in [-0.15, -0.1) is 12.4 Å². The summed E-state index contributed by atoms with van der Waals surface area (Å²) in [6.45, 7) is 4.69. The molecule has 8 nitrogen and oxygen atoms in total. The lowest BCUT2D eigenvalue weighted by Gasteiger charge is -2.32. The van der Waals surface area contributed by atoms with Crippen molar-refractivity contribution in [3.05, 3.63) is 65.1 Å². The van der Waals surface area contributed by atoms with Gasteiger partial charge in [-0.25, -0.2) is 13.6 Å². The summed E-state index contributed by atoms with van der Waals surface area (Å²) in [5.41, 5.74) is 4.79. The van der Waals surface area contributed by atoms with Crippen molar-refractivity contribution < 1.29 is 8.42 Å². The van der Waals surface area contributed by atoms with E-state index < -0.39 is 10.0 Å². The number of aromatic amines is 1. The highest BCUT2D eigenvalue weighted by Crippen LogP contribution is 2.27. The summed E-state index contributed by atoms with van der Waals surface area (Å²) < 4.78 is 23.2. The Bertz CT molecular complexity index is 1280. The maximum Gasteiger partial charge on any atom is 0.238 e. The van der Waals surface area contributed by atoms with Crippen molar-refractivity contribution in [2.45, 2.75) is 17.9 Å². The number of aryl methyl sites for hydroxylation is 1. The predicted molar refractivity (Wildman–Crippen MR) is 126 cm³/mol. The molecule has 1 atom stereocenters. The quantitative estimate of drug-likeness (QED) is 0.500. The Labute approximate surface area is 194 Å². The monoisotopic (exact) mass is 472 g/mol. The average molecular weight is 473 g/mol. The molecule has 1 saturated heterocycles. The molecule has 168 valence electrons. The van der Waals surface area contributed by atoms with E-state index in [2.05, 4.69) is 50.4 Å². The summed E-state index contributed by atoms with van der Waals surface area (Å²) in [6, 6.07) is 10.4. The molecule has 1 aliphatic rings. The first kappa shape index (κ1) is 23.9. The number of likely N-dealkylation sites (N-methyl/N-ethyl adjacent to an activating group) is 1. The number of halogens is 1. The molecule has 2 aromatic heterocycles. The Morgan fingerprint density at radius 1 is 1.22 bits per heavy atom. The van der Waals surface area contributed by atoms with E-state index in [1.165, 1.54) is 12.1 Å². The van der Waals surface area contributed by atoms with Crippen LogP contribution < -0.4 is 10.5 Å². The van der Waals surface area contributed by atoms with E-state index in [0.717, 1.165) is 47.8 Å². The van der Waals surface area contributed by atoms with Gasteiger partial charge < -0.3 is 5.32 Å². The van der Waals surface area contributed by atoms with E-state index in [4.69, 9.17) is 5.14 Å². The normalized spacial score (nSPS) is 16.7. The number of sulfonamides is 1. The minimum absolute atomic E-state index is 0. The van der Waals surface area contributed by atoms with Crippen LogP contribution in [-0.2, 0) is 10.0 Å². The van der Waals surface area contributed by atoms with Crippen LogP contribution in [0.4, 0.5) is 0 Å². The molecule has 0 aliphatic carbocycles. The van der Waals surface area contributed by atoms with Crippen LogP contribution >= 0.6 is 12.4 Å². The molecule has 0 amide bonds. The van der Waals surface area contributed by atoms with E-state index >= 15 is 0 Å². The van der Waals surface area contributed by atoms with Crippen molar-refractivity contribution >= 4 is 22.4 Å². The smallest absolute Gasteiger partial charge is 0.238 e. The van der Waals surface area contributed by atoms with E-state index in [1.54, 1.807) is 18.3 Å². The molecule has 1 fully saturated rings. The second kappa shape index (κ2) is 9.81. The third kappa shape index (κ3) is 5.18. The molecule has 10 heteroatoms. The maximum absolute atomic E-state index is 11.6. The molecular weight excluding hydrogens is 448 g/mol. The summed E-state index contributed by atoms with van der Waals surface area (Å²) in [5, 5.41) is 16.1. The number of pyridine rings is 1. The number of H-pyrrole nitrogens is 1. The van der Waals surface area contributed by atoms with Gasteiger partial charge in [0.1, 0.15) is 5.69 Å². The Kier molecular flexibility index (Phi) is 7.33. The summed E-state index contributed by atoms with van der Waals surface area (Å²) in [6.07, 6.45) is 1.80. The van der Waals surface area contributed by atoms with Gasteiger partial charge in [0.05, 0.1) is 22.2 Å². The fourth-order valence-corrected chi connectivity index (χ4v) is 4.15. The molecule has 32 heavy (non-hydrogen) atoms. The lowest BCUT2D eigenvalue weighted by atomic mass is 10.0. The van der Waals surface area contributed by atoms with Crippen molar-refractivity contribution in [3.63, 3.8) is 0 Å². The molecule has 4 rings (SSSR count). The number of nitrogens with one attached hydrogen (secondary N) is 2. The Balaban J connectivity index is 0.00000289.